The third-order valence-corrected chi connectivity index (χ3v) is 6.44. The molecule has 4 rings (SSSR count). The Morgan fingerprint density at radius 2 is 1.89 bits per heavy atom. The first-order valence-electron chi connectivity index (χ1n) is 10.2. The number of nitrogens with zero attached hydrogens (tertiary/aromatic N) is 2. The van der Waals surface area contributed by atoms with Crippen LogP contribution in [0.25, 0.3) is 0 Å². The van der Waals surface area contributed by atoms with Crippen molar-refractivity contribution in [1.82, 2.24) is 4.90 Å². The molecule has 0 aromatic heterocycles. The maximum Gasteiger partial charge on any atom is 0.227 e. The van der Waals surface area contributed by atoms with E-state index >= 15 is 0 Å². The van der Waals surface area contributed by atoms with Crippen molar-refractivity contribution in [2.75, 3.05) is 18.0 Å². The Morgan fingerprint density at radius 1 is 1.14 bits per heavy atom. The lowest BCUT2D eigenvalue weighted by atomic mass is 9.87. The molecule has 1 unspecified atom stereocenters. The molecular formula is C24H29FN2O. The monoisotopic (exact) mass is 380 g/mol. The summed E-state index contributed by atoms with van der Waals surface area (Å²) >= 11 is 0. The second-order valence-electron chi connectivity index (χ2n) is 9.09. The van der Waals surface area contributed by atoms with Crippen molar-refractivity contribution in [3.63, 3.8) is 0 Å². The third kappa shape index (κ3) is 3.41. The predicted octanol–water partition coefficient (Wildman–Crippen LogP) is 4.73. The van der Waals surface area contributed by atoms with Gasteiger partial charge in [-0.05, 0) is 63.8 Å². The number of carbonyl (C=O) groups is 1. The SMILES string of the molecule is Cc1ccc(CC(=O)N2CCCC23CN(c2cccc(F)c2)C(C)(C)C3)cc1. The van der Waals surface area contributed by atoms with Crippen LogP contribution in [0.3, 0.4) is 0 Å². The molecule has 1 spiro atoms. The summed E-state index contributed by atoms with van der Waals surface area (Å²) in [5.41, 5.74) is 2.90. The molecule has 1 atom stereocenters. The number of hydrogen-bond acceptors (Lipinski definition) is 2. The molecule has 4 heteroatoms. The van der Waals surface area contributed by atoms with Gasteiger partial charge in [-0.3, -0.25) is 4.79 Å². The Labute approximate surface area is 167 Å². The molecule has 0 aliphatic carbocycles. The number of rotatable bonds is 3. The van der Waals surface area contributed by atoms with Gasteiger partial charge in [-0.1, -0.05) is 35.9 Å². The summed E-state index contributed by atoms with van der Waals surface area (Å²) in [6.45, 7) is 8.05. The standard InChI is InChI=1S/C24H29FN2O/c1-18-8-10-19(11-9-18)14-22(28)26-13-5-12-24(26)16-23(2,3)27(17-24)21-7-4-6-20(25)15-21/h4,6-11,15H,5,12-14,16-17H2,1-3H3. The molecule has 0 saturated carbocycles. The Hall–Kier alpha value is -2.36. The highest BCUT2D eigenvalue weighted by Gasteiger charge is 2.54. The highest BCUT2D eigenvalue weighted by atomic mass is 19.1. The smallest absolute Gasteiger partial charge is 0.227 e. The van der Waals surface area contributed by atoms with Gasteiger partial charge in [0.05, 0.1) is 12.0 Å². The molecule has 0 radical (unpaired) electrons. The molecule has 2 fully saturated rings. The van der Waals surface area contributed by atoms with Gasteiger partial charge in [0.1, 0.15) is 5.82 Å². The fourth-order valence-electron chi connectivity index (χ4n) is 5.20. The van der Waals surface area contributed by atoms with Gasteiger partial charge in [0.15, 0.2) is 0 Å². The first kappa shape index (κ1) is 19.0. The van der Waals surface area contributed by atoms with Gasteiger partial charge >= 0.3 is 0 Å². The minimum Gasteiger partial charge on any atom is -0.364 e. The molecular weight excluding hydrogens is 351 g/mol. The second-order valence-corrected chi connectivity index (χ2v) is 9.09. The number of halogens is 1. The van der Waals surface area contributed by atoms with Gasteiger partial charge in [0, 0.05) is 24.3 Å². The van der Waals surface area contributed by atoms with E-state index in [0.717, 1.165) is 43.6 Å². The lowest BCUT2D eigenvalue weighted by molar-refractivity contribution is -0.134. The van der Waals surface area contributed by atoms with Crippen LogP contribution >= 0.6 is 0 Å². The zero-order chi connectivity index (χ0) is 19.9. The van der Waals surface area contributed by atoms with E-state index in [4.69, 9.17) is 0 Å². The zero-order valence-electron chi connectivity index (χ0n) is 17.0. The van der Waals surface area contributed by atoms with Crippen LogP contribution in [-0.2, 0) is 11.2 Å². The van der Waals surface area contributed by atoms with Crippen molar-refractivity contribution < 1.29 is 9.18 Å². The van der Waals surface area contributed by atoms with Crippen LogP contribution in [0, 0.1) is 12.7 Å². The van der Waals surface area contributed by atoms with E-state index < -0.39 is 0 Å². The number of aryl methyl sites for hydroxylation is 1. The van der Waals surface area contributed by atoms with Crippen LogP contribution in [0.1, 0.15) is 44.2 Å². The Balaban J connectivity index is 1.58. The lowest BCUT2D eigenvalue weighted by Crippen LogP contribution is -2.49. The summed E-state index contributed by atoms with van der Waals surface area (Å²) in [5.74, 6) is -0.00813. The molecule has 3 nitrogen and oxygen atoms in total. The quantitative estimate of drug-likeness (QED) is 0.769. The topological polar surface area (TPSA) is 23.6 Å². The molecule has 2 heterocycles. The normalized spacial score (nSPS) is 23.6. The minimum absolute atomic E-state index is 0.124. The van der Waals surface area contributed by atoms with E-state index in [-0.39, 0.29) is 22.8 Å². The maximum absolute atomic E-state index is 13.8. The first-order valence-corrected chi connectivity index (χ1v) is 10.2. The second kappa shape index (κ2) is 6.91. The van der Waals surface area contributed by atoms with E-state index in [0.29, 0.717) is 6.42 Å². The Kier molecular flexibility index (Phi) is 4.68. The number of likely N-dealkylation sites (tertiary alicyclic amines) is 1. The fraction of sp³-hybridized carbons (Fsp3) is 0.458. The maximum atomic E-state index is 13.8. The van der Waals surface area contributed by atoms with Crippen molar-refractivity contribution in [2.24, 2.45) is 0 Å². The van der Waals surface area contributed by atoms with Crippen LogP contribution in [0.15, 0.2) is 48.5 Å². The average molecular weight is 381 g/mol. The fourth-order valence-corrected chi connectivity index (χ4v) is 5.20. The molecule has 0 bridgehead atoms. The summed E-state index contributed by atoms with van der Waals surface area (Å²) in [6.07, 6.45) is 3.41. The van der Waals surface area contributed by atoms with Crippen LogP contribution < -0.4 is 4.90 Å². The summed E-state index contributed by atoms with van der Waals surface area (Å²) < 4.78 is 13.8. The van der Waals surface area contributed by atoms with Crippen LogP contribution in [-0.4, -0.2) is 35.0 Å². The van der Waals surface area contributed by atoms with Crippen molar-refractivity contribution in [2.45, 2.75) is 57.5 Å². The van der Waals surface area contributed by atoms with Gasteiger partial charge in [0.25, 0.3) is 0 Å². The molecule has 2 saturated heterocycles. The van der Waals surface area contributed by atoms with E-state index in [2.05, 4.69) is 42.7 Å². The van der Waals surface area contributed by atoms with Gasteiger partial charge in [-0.2, -0.15) is 0 Å². The molecule has 0 N–H and O–H groups in total. The van der Waals surface area contributed by atoms with E-state index in [1.807, 2.05) is 18.2 Å². The first-order chi connectivity index (χ1) is 13.3. The highest BCUT2D eigenvalue weighted by Crippen LogP contribution is 2.47. The number of hydrogen-bond donors (Lipinski definition) is 0. The van der Waals surface area contributed by atoms with Gasteiger partial charge in [0.2, 0.25) is 5.91 Å². The Bertz CT molecular complexity index is 876. The molecule has 2 aromatic carbocycles. The average Bonchev–Trinajstić information content (AvgIpc) is 3.16. The van der Waals surface area contributed by atoms with Gasteiger partial charge in [-0.15, -0.1) is 0 Å². The van der Waals surface area contributed by atoms with Crippen LogP contribution in [0.2, 0.25) is 0 Å². The largest absolute Gasteiger partial charge is 0.364 e. The molecule has 2 aliphatic rings. The number of amides is 1. The number of carbonyl (C=O) groups excluding carboxylic acids is 1. The van der Waals surface area contributed by atoms with Crippen molar-refractivity contribution >= 4 is 11.6 Å². The lowest BCUT2D eigenvalue weighted by Gasteiger charge is -2.35. The molecule has 2 aliphatic heterocycles. The Morgan fingerprint density at radius 3 is 2.61 bits per heavy atom. The van der Waals surface area contributed by atoms with E-state index in [1.54, 1.807) is 12.1 Å². The molecule has 2 aromatic rings. The van der Waals surface area contributed by atoms with Crippen LogP contribution in [0.4, 0.5) is 10.1 Å². The van der Waals surface area contributed by atoms with Crippen molar-refractivity contribution in [3.05, 3.63) is 65.5 Å². The third-order valence-electron chi connectivity index (χ3n) is 6.44. The highest BCUT2D eigenvalue weighted by molar-refractivity contribution is 5.80. The predicted molar refractivity (Wildman–Crippen MR) is 111 cm³/mol. The summed E-state index contributed by atoms with van der Waals surface area (Å²) in [6, 6.07) is 15.0. The minimum atomic E-state index is -0.215. The zero-order valence-corrected chi connectivity index (χ0v) is 17.0. The summed E-state index contributed by atoms with van der Waals surface area (Å²) in [4.78, 5) is 17.6. The molecule has 1 amide bonds. The summed E-state index contributed by atoms with van der Waals surface area (Å²) in [5, 5.41) is 0. The van der Waals surface area contributed by atoms with Crippen molar-refractivity contribution in [3.8, 4) is 0 Å². The molecule has 28 heavy (non-hydrogen) atoms. The van der Waals surface area contributed by atoms with E-state index in [1.165, 1.54) is 11.6 Å². The van der Waals surface area contributed by atoms with E-state index in [9.17, 15) is 9.18 Å². The number of anilines is 1. The van der Waals surface area contributed by atoms with Gasteiger partial charge in [-0.25, -0.2) is 4.39 Å². The summed E-state index contributed by atoms with van der Waals surface area (Å²) in [7, 11) is 0. The van der Waals surface area contributed by atoms with Crippen molar-refractivity contribution in [1.29, 1.82) is 0 Å². The van der Waals surface area contributed by atoms with Gasteiger partial charge < -0.3 is 9.80 Å². The van der Waals surface area contributed by atoms with Crippen LogP contribution in [0.5, 0.6) is 0 Å². The number of benzene rings is 2. The molecule has 148 valence electrons.